The first-order chi connectivity index (χ1) is 10.8. The summed E-state index contributed by atoms with van der Waals surface area (Å²) in [6, 6.07) is 0. The number of allylic oxidation sites excluding steroid dienone is 6. The van der Waals surface area contributed by atoms with E-state index in [0.717, 1.165) is 32.1 Å². The number of hydrogen-bond acceptors (Lipinski definition) is 1. The van der Waals surface area contributed by atoms with Crippen molar-refractivity contribution in [1.29, 1.82) is 0 Å². The molecule has 0 aliphatic rings. The van der Waals surface area contributed by atoms with Crippen molar-refractivity contribution in [2.75, 3.05) is 0 Å². The van der Waals surface area contributed by atoms with Gasteiger partial charge in [-0.1, -0.05) is 75.5 Å². The van der Waals surface area contributed by atoms with Gasteiger partial charge in [0.1, 0.15) is 0 Å². The van der Waals surface area contributed by atoms with Crippen molar-refractivity contribution in [3.8, 4) is 0 Å². The molecule has 0 bridgehead atoms. The normalized spacial score (nSPS) is 12.1. The number of carbonyl (C=O) groups is 1. The molecule has 22 heavy (non-hydrogen) atoms. The monoisotopic (exact) mass is 324 g/mol. The molecule has 0 heterocycles. The van der Waals surface area contributed by atoms with Gasteiger partial charge in [0.2, 0.25) is 5.24 Å². The van der Waals surface area contributed by atoms with Crippen LogP contribution in [0.2, 0.25) is 0 Å². The molecule has 0 atom stereocenters. The Morgan fingerprint density at radius 1 is 0.727 bits per heavy atom. The Morgan fingerprint density at radius 3 is 1.82 bits per heavy atom. The molecule has 0 amide bonds. The molecule has 1 nitrogen and oxygen atoms in total. The van der Waals surface area contributed by atoms with E-state index >= 15 is 0 Å². The molecule has 0 fully saturated rings. The van der Waals surface area contributed by atoms with Crippen LogP contribution in [0.3, 0.4) is 0 Å². The lowest BCUT2D eigenvalue weighted by molar-refractivity contribution is -0.111. The van der Waals surface area contributed by atoms with Gasteiger partial charge in [0.15, 0.2) is 0 Å². The van der Waals surface area contributed by atoms with Crippen molar-refractivity contribution in [2.24, 2.45) is 0 Å². The van der Waals surface area contributed by atoms with Gasteiger partial charge < -0.3 is 0 Å². The quantitative estimate of drug-likeness (QED) is 0.178. The molecule has 0 N–H and O–H groups in total. The van der Waals surface area contributed by atoms with Crippen LogP contribution in [0.5, 0.6) is 0 Å². The second-order valence-electron chi connectivity index (χ2n) is 5.66. The summed E-state index contributed by atoms with van der Waals surface area (Å²) in [7, 11) is 0. The van der Waals surface area contributed by atoms with E-state index in [1.807, 2.05) is 0 Å². The fraction of sp³-hybridized carbons (Fsp3) is 0.650. The van der Waals surface area contributed by atoms with Crippen molar-refractivity contribution < 1.29 is 4.79 Å². The molecule has 0 rings (SSSR count). The molecular weight excluding hydrogens is 292 g/mol. The van der Waals surface area contributed by atoms with Crippen molar-refractivity contribution in [3.63, 3.8) is 0 Å². The zero-order valence-corrected chi connectivity index (χ0v) is 15.0. The van der Waals surface area contributed by atoms with E-state index in [9.17, 15) is 4.79 Å². The molecule has 0 aromatic rings. The van der Waals surface area contributed by atoms with Crippen LogP contribution in [0.1, 0.15) is 84.0 Å². The summed E-state index contributed by atoms with van der Waals surface area (Å²) >= 11 is 5.30. The van der Waals surface area contributed by atoms with Gasteiger partial charge in [0.25, 0.3) is 0 Å². The van der Waals surface area contributed by atoms with Gasteiger partial charge in [0, 0.05) is 6.42 Å². The third-order valence-electron chi connectivity index (χ3n) is 3.52. The Morgan fingerprint density at radius 2 is 1.23 bits per heavy atom. The van der Waals surface area contributed by atoms with Gasteiger partial charge in [-0.25, -0.2) is 0 Å². The molecule has 0 aliphatic carbocycles. The molecule has 2 heteroatoms. The first kappa shape index (κ1) is 21.2. The molecule has 0 unspecified atom stereocenters. The van der Waals surface area contributed by atoms with Crippen LogP contribution >= 0.6 is 11.6 Å². The number of rotatable bonds is 15. The fourth-order valence-electron chi connectivity index (χ4n) is 2.24. The van der Waals surface area contributed by atoms with Crippen molar-refractivity contribution in [2.45, 2.75) is 84.0 Å². The van der Waals surface area contributed by atoms with Gasteiger partial charge in [-0.3, -0.25) is 4.79 Å². The smallest absolute Gasteiger partial charge is 0.221 e. The highest BCUT2D eigenvalue weighted by atomic mass is 35.5. The molecule has 126 valence electrons. The highest BCUT2D eigenvalue weighted by Crippen LogP contribution is 2.10. The van der Waals surface area contributed by atoms with E-state index in [2.05, 4.69) is 43.4 Å². The lowest BCUT2D eigenvalue weighted by Crippen LogP contribution is -1.86. The molecule has 0 aromatic carbocycles. The Labute approximate surface area is 142 Å². The van der Waals surface area contributed by atoms with Crippen LogP contribution in [0.4, 0.5) is 0 Å². The Balaban J connectivity index is 3.20. The molecule has 0 aliphatic heterocycles. The van der Waals surface area contributed by atoms with Crippen LogP contribution in [0.15, 0.2) is 36.5 Å². The lowest BCUT2D eigenvalue weighted by atomic mass is 10.1. The Bertz CT molecular complexity index is 329. The highest BCUT2D eigenvalue weighted by Gasteiger charge is 1.95. The summed E-state index contributed by atoms with van der Waals surface area (Å²) in [4.78, 5) is 10.6. The number of carbonyl (C=O) groups excluding carboxylic acids is 1. The molecule has 0 saturated carbocycles. The highest BCUT2D eigenvalue weighted by molar-refractivity contribution is 6.63. The van der Waals surface area contributed by atoms with Crippen LogP contribution < -0.4 is 0 Å². The minimum Gasteiger partial charge on any atom is -0.281 e. The average molecular weight is 325 g/mol. The van der Waals surface area contributed by atoms with E-state index in [1.165, 1.54) is 38.5 Å². The maximum Gasteiger partial charge on any atom is 0.221 e. The van der Waals surface area contributed by atoms with Crippen LogP contribution in [0, 0.1) is 0 Å². The first-order valence-corrected chi connectivity index (χ1v) is 9.28. The maximum absolute atomic E-state index is 10.6. The zero-order chi connectivity index (χ0) is 16.3. The second kappa shape index (κ2) is 18.2. The molecular formula is C20H33ClO. The van der Waals surface area contributed by atoms with E-state index in [-0.39, 0.29) is 5.24 Å². The Kier molecular flexibility index (Phi) is 17.6. The van der Waals surface area contributed by atoms with Gasteiger partial charge in [0.05, 0.1) is 0 Å². The Hall–Kier alpha value is -0.820. The fourth-order valence-corrected chi connectivity index (χ4v) is 2.37. The van der Waals surface area contributed by atoms with Gasteiger partial charge in [-0.2, -0.15) is 0 Å². The van der Waals surface area contributed by atoms with Crippen molar-refractivity contribution >= 4 is 16.8 Å². The molecule has 0 aromatic heterocycles. The van der Waals surface area contributed by atoms with Crippen LogP contribution in [0.25, 0.3) is 0 Å². The topological polar surface area (TPSA) is 17.1 Å². The largest absolute Gasteiger partial charge is 0.281 e. The van der Waals surface area contributed by atoms with E-state index in [4.69, 9.17) is 11.6 Å². The third kappa shape index (κ3) is 19.2. The van der Waals surface area contributed by atoms with Crippen molar-refractivity contribution in [1.82, 2.24) is 0 Å². The average Bonchev–Trinajstić information content (AvgIpc) is 2.50. The molecule has 0 spiro atoms. The van der Waals surface area contributed by atoms with E-state index in [0.29, 0.717) is 6.42 Å². The minimum absolute atomic E-state index is 0.195. The predicted molar refractivity (Wildman–Crippen MR) is 99.4 cm³/mol. The SMILES string of the molecule is CC/C=C/C/C=C/C/C=C/CCCCCCCCCC(=O)Cl. The number of hydrogen-bond donors (Lipinski definition) is 0. The number of unbranched alkanes of at least 4 members (excludes halogenated alkanes) is 7. The molecule has 0 saturated heterocycles. The maximum atomic E-state index is 10.6. The summed E-state index contributed by atoms with van der Waals surface area (Å²) in [5.74, 6) is 0. The standard InChI is InChI=1S/C20H33ClO/c1-2-3-4-5-6-7-8-9-10-11-12-13-14-15-16-17-18-19-20(21)22/h3-4,6-7,9-10H,2,5,8,11-19H2,1H3/b4-3+,7-6+,10-9+. The first-order valence-electron chi connectivity index (χ1n) is 8.90. The third-order valence-corrected chi connectivity index (χ3v) is 3.71. The van der Waals surface area contributed by atoms with Gasteiger partial charge in [-0.15, -0.1) is 0 Å². The summed E-state index contributed by atoms with van der Waals surface area (Å²) < 4.78 is 0. The zero-order valence-electron chi connectivity index (χ0n) is 14.2. The summed E-state index contributed by atoms with van der Waals surface area (Å²) in [6.45, 7) is 2.16. The summed E-state index contributed by atoms with van der Waals surface area (Å²) in [5.41, 5.74) is 0. The summed E-state index contributed by atoms with van der Waals surface area (Å²) in [5, 5.41) is -0.195. The van der Waals surface area contributed by atoms with E-state index in [1.54, 1.807) is 0 Å². The summed E-state index contributed by atoms with van der Waals surface area (Å²) in [6.07, 6.45) is 27.0. The number of halogens is 1. The predicted octanol–water partition coefficient (Wildman–Crippen LogP) is 7.12. The van der Waals surface area contributed by atoms with Crippen LogP contribution in [-0.4, -0.2) is 5.24 Å². The van der Waals surface area contributed by atoms with Gasteiger partial charge in [-0.05, 0) is 50.1 Å². The lowest BCUT2D eigenvalue weighted by Gasteiger charge is -2.00. The second-order valence-corrected chi connectivity index (χ2v) is 6.08. The van der Waals surface area contributed by atoms with E-state index < -0.39 is 0 Å². The van der Waals surface area contributed by atoms with Crippen molar-refractivity contribution in [3.05, 3.63) is 36.5 Å². The molecule has 0 radical (unpaired) electrons. The van der Waals surface area contributed by atoms with Crippen LogP contribution in [-0.2, 0) is 4.79 Å². The van der Waals surface area contributed by atoms with Gasteiger partial charge >= 0.3 is 0 Å². The minimum atomic E-state index is -0.195.